The first kappa shape index (κ1) is 15.6. The quantitative estimate of drug-likeness (QED) is 0.800. The van der Waals surface area contributed by atoms with Crippen LogP contribution in [0.25, 0.3) is 0 Å². The number of hydrogen-bond donors (Lipinski definition) is 2. The van der Waals surface area contributed by atoms with E-state index in [-0.39, 0.29) is 6.54 Å². The van der Waals surface area contributed by atoms with Gasteiger partial charge in [-0.1, -0.05) is 36.9 Å². The lowest BCUT2D eigenvalue weighted by Crippen LogP contribution is -2.39. The van der Waals surface area contributed by atoms with Gasteiger partial charge in [-0.15, -0.1) is 0 Å². The third-order valence-electron chi connectivity index (χ3n) is 2.73. The molecule has 0 aliphatic carbocycles. The highest BCUT2D eigenvalue weighted by Gasteiger charge is 2.31. The molecular formula is C14H19F3N2. The average molecular weight is 272 g/mol. The minimum absolute atomic E-state index is 0.0656. The fourth-order valence-electron chi connectivity index (χ4n) is 1.77. The van der Waals surface area contributed by atoms with Crippen LogP contribution < -0.4 is 11.1 Å². The SMILES string of the molecule is C=C(CCc1ccccc1)NC(CN)CC(F)(F)F. The maximum absolute atomic E-state index is 12.3. The molecule has 0 spiro atoms. The Morgan fingerprint density at radius 3 is 2.42 bits per heavy atom. The molecule has 3 N–H and O–H groups in total. The first-order valence-electron chi connectivity index (χ1n) is 6.16. The van der Waals surface area contributed by atoms with E-state index in [4.69, 9.17) is 5.73 Å². The van der Waals surface area contributed by atoms with Crippen molar-refractivity contribution in [1.29, 1.82) is 0 Å². The molecule has 19 heavy (non-hydrogen) atoms. The summed E-state index contributed by atoms with van der Waals surface area (Å²) in [5.74, 6) is 0. The third kappa shape index (κ3) is 6.86. The molecule has 1 atom stereocenters. The number of allylic oxidation sites excluding steroid dienone is 1. The zero-order valence-electron chi connectivity index (χ0n) is 10.7. The van der Waals surface area contributed by atoms with Gasteiger partial charge in [-0.2, -0.15) is 13.2 Å². The summed E-state index contributed by atoms with van der Waals surface area (Å²) in [5, 5.41) is 2.75. The zero-order chi connectivity index (χ0) is 14.3. The molecule has 0 aromatic heterocycles. The Morgan fingerprint density at radius 1 is 1.26 bits per heavy atom. The standard InChI is InChI=1S/C14H19F3N2/c1-11(7-8-12-5-3-2-4-6-12)19-13(10-18)9-14(15,16)17/h2-6,13,19H,1,7-10,18H2. The average Bonchev–Trinajstić information content (AvgIpc) is 2.35. The van der Waals surface area contributed by atoms with E-state index in [0.29, 0.717) is 12.1 Å². The minimum Gasteiger partial charge on any atom is -0.384 e. The van der Waals surface area contributed by atoms with E-state index in [1.807, 2.05) is 30.3 Å². The molecule has 0 radical (unpaired) electrons. The molecule has 5 heteroatoms. The summed E-state index contributed by atoms with van der Waals surface area (Å²) in [6.07, 6.45) is -3.81. The molecule has 0 saturated carbocycles. The molecule has 0 saturated heterocycles. The lowest BCUT2D eigenvalue weighted by molar-refractivity contribution is -0.139. The highest BCUT2D eigenvalue weighted by Crippen LogP contribution is 2.21. The second kappa shape index (κ2) is 7.19. The number of nitrogens with two attached hydrogens (primary N) is 1. The first-order chi connectivity index (χ1) is 8.90. The van der Waals surface area contributed by atoms with Crippen molar-refractivity contribution in [3.63, 3.8) is 0 Å². The van der Waals surface area contributed by atoms with Crippen LogP contribution in [0.3, 0.4) is 0 Å². The van der Waals surface area contributed by atoms with Crippen LogP contribution in [0.4, 0.5) is 13.2 Å². The summed E-state index contributed by atoms with van der Waals surface area (Å²) in [4.78, 5) is 0. The highest BCUT2D eigenvalue weighted by atomic mass is 19.4. The van der Waals surface area contributed by atoms with E-state index in [1.54, 1.807) is 0 Å². The monoisotopic (exact) mass is 272 g/mol. The lowest BCUT2D eigenvalue weighted by atomic mass is 10.1. The van der Waals surface area contributed by atoms with E-state index in [9.17, 15) is 13.2 Å². The molecule has 1 aromatic rings. The molecule has 0 heterocycles. The van der Waals surface area contributed by atoms with Gasteiger partial charge in [0.2, 0.25) is 0 Å². The Balaban J connectivity index is 2.37. The Kier molecular flexibility index (Phi) is 5.89. The first-order valence-corrected chi connectivity index (χ1v) is 6.16. The van der Waals surface area contributed by atoms with Crippen LogP contribution in [-0.2, 0) is 6.42 Å². The Hall–Kier alpha value is -1.49. The van der Waals surface area contributed by atoms with Crippen LogP contribution >= 0.6 is 0 Å². The lowest BCUT2D eigenvalue weighted by Gasteiger charge is -2.21. The van der Waals surface area contributed by atoms with Crippen molar-refractivity contribution in [3.05, 3.63) is 48.2 Å². The van der Waals surface area contributed by atoms with Gasteiger partial charge in [0.05, 0.1) is 6.42 Å². The van der Waals surface area contributed by atoms with E-state index >= 15 is 0 Å². The van der Waals surface area contributed by atoms with Crippen LogP contribution in [0.2, 0.25) is 0 Å². The highest BCUT2D eigenvalue weighted by molar-refractivity contribution is 5.16. The van der Waals surface area contributed by atoms with Gasteiger partial charge < -0.3 is 11.1 Å². The van der Waals surface area contributed by atoms with Crippen molar-refractivity contribution in [1.82, 2.24) is 5.32 Å². The van der Waals surface area contributed by atoms with Gasteiger partial charge in [-0.25, -0.2) is 0 Å². The predicted octanol–water partition coefficient (Wildman–Crippen LogP) is 3.00. The number of hydrogen-bond acceptors (Lipinski definition) is 2. The molecule has 0 aliphatic heterocycles. The number of nitrogens with one attached hydrogen (secondary N) is 1. The molecule has 0 bridgehead atoms. The topological polar surface area (TPSA) is 38.0 Å². The van der Waals surface area contributed by atoms with Crippen molar-refractivity contribution in [3.8, 4) is 0 Å². The number of rotatable bonds is 7. The summed E-state index contributed by atoms with van der Waals surface area (Å²) in [6, 6.07) is 8.93. The summed E-state index contributed by atoms with van der Waals surface area (Å²) in [6.45, 7) is 3.69. The maximum atomic E-state index is 12.3. The van der Waals surface area contributed by atoms with Crippen molar-refractivity contribution in [2.45, 2.75) is 31.5 Å². The zero-order valence-corrected chi connectivity index (χ0v) is 10.7. The second-order valence-electron chi connectivity index (χ2n) is 4.49. The Morgan fingerprint density at radius 2 is 1.89 bits per heavy atom. The van der Waals surface area contributed by atoms with E-state index < -0.39 is 18.6 Å². The summed E-state index contributed by atoms with van der Waals surface area (Å²) >= 11 is 0. The van der Waals surface area contributed by atoms with Gasteiger partial charge in [0.15, 0.2) is 0 Å². The van der Waals surface area contributed by atoms with Crippen LogP contribution in [0.5, 0.6) is 0 Å². The molecule has 2 nitrogen and oxygen atoms in total. The van der Waals surface area contributed by atoms with E-state index in [2.05, 4.69) is 11.9 Å². The van der Waals surface area contributed by atoms with Crippen LogP contribution in [0.1, 0.15) is 18.4 Å². The number of halogens is 3. The summed E-state index contributed by atoms with van der Waals surface area (Å²) in [7, 11) is 0. The van der Waals surface area contributed by atoms with Crippen molar-refractivity contribution >= 4 is 0 Å². The molecule has 1 aromatic carbocycles. The molecule has 106 valence electrons. The van der Waals surface area contributed by atoms with Crippen LogP contribution in [0.15, 0.2) is 42.6 Å². The van der Waals surface area contributed by atoms with E-state index in [1.165, 1.54) is 0 Å². The molecule has 0 fully saturated rings. The molecule has 0 aliphatic rings. The summed E-state index contributed by atoms with van der Waals surface area (Å²) < 4.78 is 36.8. The Labute approximate surface area is 111 Å². The smallest absolute Gasteiger partial charge is 0.384 e. The fraction of sp³-hybridized carbons (Fsp3) is 0.429. The van der Waals surface area contributed by atoms with Gasteiger partial charge in [0.1, 0.15) is 0 Å². The van der Waals surface area contributed by atoms with Crippen LogP contribution in [0, 0.1) is 0 Å². The molecule has 1 rings (SSSR count). The fourth-order valence-corrected chi connectivity index (χ4v) is 1.77. The number of alkyl halides is 3. The molecular weight excluding hydrogens is 253 g/mol. The van der Waals surface area contributed by atoms with Gasteiger partial charge in [-0.05, 0) is 18.4 Å². The number of benzene rings is 1. The van der Waals surface area contributed by atoms with Gasteiger partial charge >= 0.3 is 6.18 Å². The number of aryl methyl sites for hydroxylation is 1. The Bertz CT molecular complexity index is 387. The third-order valence-corrected chi connectivity index (χ3v) is 2.73. The second-order valence-corrected chi connectivity index (χ2v) is 4.49. The van der Waals surface area contributed by atoms with Crippen molar-refractivity contribution in [2.75, 3.05) is 6.54 Å². The van der Waals surface area contributed by atoms with Crippen molar-refractivity contribution < 1.29 is 13.2 Å². The predicted molar refractivity (Wildman–Crippen MR) is 70.6 cm³/mol. The normalized spacial score (nSPS) is 13.1. The van der Waals surface area contributed by atoms with Crippen molar-refractivity contribution in [2.24, 2.45) is 5.73 Å². The summed E-state index contributed by atoms with van der Waals surface area (Å²) in [5.41, 5.74) is 7.05. The van der Waals surface area contributed by atoms with Crippen LogP contribution in [-0.4, -0.2) is 18.8 Å². The molecule has 0 amide bonds. The van der Waals surface area contributed by atoms with Gasteiger partial charge in [0.25, 0.3) is 0 Å². The van der Waals surface area contributed by atoms with Gasteiger partial charge in [-0.3, -0.25) is 0 Å². The van der Waals surface area contributed by atoms with Gasteiger partial charge in [0, 0.05) is 18.3 Å². The minimum atomic E-state index is -4.21. The van der Waals surface area contributed by atoms with E-state index in [0.717, 1.165) is 12.0 Å². The molecule has 1 unspecified atom stereocenters. The largest absolute Gasteiger partial charge is 0.391 e. The maximum Gasteiger partial charge on any atom is 0.391 e.